The van der Waals surface area contributed by atoms with Crippen LogP contribution in [0.25, 0.3) is 11.1 Å². The number of benzene rings is 3. The molecule has 0 radical (unpaired) electrons. The van der Waals surface area contributed by atoms with Gasteiger partial charge in [-0.05, 0) is 85.4 Å². The molecule has 3 N–H and O–H groups in total. The first-order valence-electron chi connectivity index (χ1n) is 14.7. The molecule has 0 heterocycles. The number of aliphatic carboxylic acids is 1. The normalized spacial score (nSPS) is 14.8. The van der Waals surface area contributed by atoms with E-state index in [0.29, 0.717) is 17.0 Å². The van der Waals surface area contributed by atoms with E-state index >= 15 is 0 Å². The summed E-state index contributed by atoms with van der Waals surface area (Å²) < 4.78 is 72.3. The maximum Gasteiger partial charge on any atom is 0.573 e. The van der Waals surface area contributed by atoms with Crippen LogP contribution in [0.4, 0.5) is 13.2 Å². The summed E-state index contributed by atoms with van der Waals surface area (Å²) in [5.41, 5.74) is 3.59. The maximum atomic E-state index is 13.5. The number of nitrogens with one attached hydrogen (secondary N) is 1. The summed E-state index contributed by atoms with van der Waals surface area (Å²) >= 11 is 0. The largest absolute Gasteiger partial charge is 0.573 e. The first-order chi connectivity index (χ1) is 21.0. The van der Waals surface area contributed by atoms with Crippen LogP contribution >= 0.6 is 0 Å². The summed E-state index contributed by atoms with van der Waals surface area (Å²) in [4.78, 5) is 10.4. The third-order valence-electron chi connectivity index (χ3n) is 8.01. The monoisotopic (exact) mass is 648 g/mol. The Morgan fingerprint density at radius 3 is 2.29 bits per heavy atom. The molecule has 1 unspecified atom stereocenters. The highest BCUT2D eigenvalue weighted by Crippen LogP contribution is 2.37. The number of likely N-dealkylation sites (N-methyl/N-ethyl adjacent to an activating group) is 1. The fourth-order valence-corrected chi connectivity index (χ4v) is 7.26. The summed E-state index contributed by atoms with van der Waals surface area (Å²) in [5.74, 6) is -1.52. The van der Waals surface area contributed by atoms with Crippen LogP contribution in [-0.4, -0.2) is 67.0 Å². The molecular formula is C33H39F3N2O6S. The molecule has 0 aromatic heterocycles. The number of fused-ring (bicyclic) bond motifs is 1. The average Bonchev–Trinajstić information content (AvgIpc) is 3.35. The lowest BCUT2D eigenvalue weighted by molar-refractivity contribution is -0.275. The van der Waals surface area contributed by atoms with Crippen molar-refractivity contribution >= 4 is 16.0 Å². The number of rotatable bonds is 14. The summed E-state index contributed by atoms with van der Waals surface area (Å²) in [6, 6.07) is 18.3. The van der Waals surface area contributed by atoms with E-state index in [0.717, 1.165) is 35.7 Å². The van der Waals surface area contributed by atoms with Gasteiger partial charge in [-0.1, -0.05) is 54.6 Å². The molecule has 12 heteroatoms. The third-order valence-corrected chi connectivity index (χ3v) is 9.88. The van der Waals surface area contributed by atoms with Crippen molar-refractivity contribution in [3.05, 3.63) is 83.4 Å². The van der Waals surface area contributed by atoms with Crippen molar-refractivity contribution in [2.24, 2.45) is 5.92 Å². The summed E-state index contributed by atoms with van der Waals surface area (Å²) in [6.07, 6.45) is -3.60. The van der Waals surface area contributed by atoms with Gasteiger partial charge in [0.25, 0.3) is 0 Å². The number of aliphatic hydroxyl groups is 1. The Hall–Kier alpha value is -3.45. The van der Waals surface area contributed by atoms with Crippen molar-refractivity contribution in [1.82, 2.24) is 9.62 Å². The molecule has 244 valence electrons. The van der Waals surface area contributed by atoms with Crippen LogP contribution in [0.5, 0.6) is 5.75 Å². The minimum Gasteiger partial charge on any atom is -0.481 e. The Bertz CT molecular complexity index is 1580. The summed E-state index contributed by atoms with van der Waals surface area (Å²) in [5, 5.41) is 23.1. The minimum atomic E-state index is -5.18. The molecule has 1 atom stereocenters. The number of aryl methyl sites for hydroxylation is 1. The number of alkyl halides is 3. The lowest BCUT2D eigenvalue weighted by atomic mass is 9.88. The maximum absolute atomic E-state index is 13.5. The van der Waals surface area contributed by atoms with Crippen molar-refractivity contribution < 1.29 is 41.3 Å². The number of carbonyl (C=O) groups is 1. The Morgan fingerprint density at radius 1 is 1.04 bits per heavy atom. The number of aliphatic hydroxyl groups excluding tert-OH is 1. The molecule has 0 saturated heterocycles. The smallest absolute Gasteiger partial charge is 0.481 e. The number of β-amino-alcohol motifs (C(OH)–C–C–N with tert-alkyl or cyclic N) is 1. The molecule has 3 aromatic carbocycles. The highest BCUT2D eigenvalue weighted by atomic mass is 32.2. The Labute approximate surface area is 261 Å². The zero-order chi connectivity index (χ0) is 33.0. The van der Waals surface area contributed by atoms with E-state index in [4.69, 9.17) is 5.11 Å². The second kappa shape index (κ2) is 13.9. The van der Waals surface area contributed by atoms with Gasteiger partial charge in [-0.15, -0.1) is 13.2 Å². The van der Waals surface area contributed by atoms with Crippen LogP contribution in [0, 0.1) is 5.92 Å². The number of halogens is 3. The molecule has 1 aliphatic rings. The lowest BCUT2D eigenvalue weighted by Crippen LogP contribution is -2.47. The van der Waals surface area contributed by atoms with Crippen LogP contribution in [0.2, 0.25) is 0 Å². The highest BCUT2D eigenvalue weighted by Gasteiger charge is 2.36. The molecule has 45 heavy (non-hydrogen) atoms. The van der Waals surface area contributed by atoms with Crippen LogP contribution < -0.4 is 10.1 Å². The van der Waals surface area contributed by atoms with Gasteiger partial charge in [-0.3, -0.25) is 4.79 Å². The van der Waals surface area contributed by atoms with Crippen molar-refractivity contribution in [3.63, 3.8) is 0 Å². The van der Waals surface area contributed by atoms with E-state index in [9.17, 15) is 31.5 Å². The number of hydrogen-bond acceptors (Lipinski definition) is 6. The third kappa shape index (κ3) is 9.29. The fraction of sp³-hybridized carbons (Fsp3) is 0.424. The topological polar surface area (TPSA) is 116 Å². The molecule has 0 fully saturated rings. The standard InChI is InChI=1S/C33H39F3N2O6S/c1-32(2,19-22-16-24-9-4-5-10-25(24)17-22)37-20-27(39)21-38(3)45(42,43)30-14-12-26(18-29(30)44-33(34,35)36)28-11-7-6-8-23(28)13-15-31(40)41/h4-12,14,18,22,27,37,39H,13,15-17,19-21H2,1-3H3,(H,40,41). The number of carboxylic acids is 1. The Kier molecular flexibility index (Phi) is 10.6. The first kappa shape index (κ1) is 34.4. The van der Waals surface area contributed by atoms with Gasteiger partial charge in [0.05, 0.1) is 6.10 Å². The molecule has 3 aromatic rings. The molecule has 8 nitrogen and oxygen atoms in total. The van der Waals surface area contributed by atoms with Crippen LogP contribution in [0.3, 0.4) is 0 Å². The van der Waals surface area contributed by atoms with E-state index in [-0.39, 0.29) is 37.0 Å². The van der Waals surface area contributed by atoms with Crippen molar-refractivity contribution in [3.8, 4) is 16.9 Å². The van der Waals surface area contributed by atoms with Crippen LogP contribution in [0.1, 0.15) is 43.4 Å². The lowest BCUT2D eigenvalue weighted by Gasteiger charge is -2.31. The molecule has 1 aliphatic carbocycles. The van der Waals surface area contributed by atoms with Gasteiger partial charge in [-0.2, -0.15) is 4.31 Å². The zero-order valence-corrected chi connectivity index (χ0v) is 26.3. The predicted octanol–water partition coefficient (Wildman–Crippen LogP) is 5.42. The van der Waals surface area contributed by atoms with Crippen molar-refractivity contribution in [2.45, 2.75) is 68.9 Å². The fourth-order valence-electron chi connectivity index (χ4n) is 5.96. The summed E-state index contributed by atoms with van der Waals surface area (Å²) in [7, 11) is -3.34. The number of nitrogens with zero attached hydrogens (tertiary/aromatic N) is 1. The molecule has 0 saturated carbocycles. The number of ether oxygens (including phenoxy) is 1. The molecule has 0 aliphatic heterocycles. The first-order valence-corrected chi connectivity index (χ1v) is 16.1. The van der Waals surface area contributed by atoms with Gasteiger partial charge >= 0.3 is 12.3 Å². The Balaban J connectivity index is 1.46. The molecule has 0 amide bonds. The number of hydrogen-bond donors (Lipinski definition) is 3. The minimum absolute atomic E-state index is 0.0739. The number of sulfonamides is 1. The second-order valence-corrected chi connectivity index (χ2v) is 14.2. The second-order valence-electron chi connectivity index (χ2n) is 12.2. The van der Waals surface area contributed by atoms with Gasteiger partial charge in [-0.25, -0.2) is 8.42 Å². The predicted molar refractivity (Wildman–Crippen MR) is 164 cm³/mol. The van der Waals surface area contributed by atoms with E-state index in [2.05, 4.69) is 22.2 Å². The SMILES string of the molecule is CN(CC(O)CNC(C)(C)CC1Cc2ccccc2C1)S(=O)(=O)c1ccc(-c2ccccc2CCC(=O)O)cc1OC(F)(F)F. The zero-order valence-electron chi connectivity index (χ0n) is 25.5. The van der Waals surface area contributed by atoms with E-state index < -0.39 is 39.1 Å². The average molecular weight is 649 g/mol. The van der Waals surface area contributed by atoms with Crippen LogP contribution in [0.15, 0.2) is 71.6 Å². The molecular weight excluding hydrogens is 609 g/mol. The van der Waals surface area contributed by atoms with Gasteiger partial charge < -0.3 is 20.3 Å². The number of carboxylic acid groups (broad SMARTS) is 1. The van der Waals surface area contributed by atoms with Crippen LogP contribution in [-0.2, 0) is 34.1 Å². The molecule has 0 spiro atoms. The van der Waals surface area contributed by atoms with Crippen molar-refractivity contribution in [2.75, 3.05) is 20.1 Å². The Morgan fingerprint density at radius 2 is 1.67 bits per heavy atom. The van der Waals surface area contributed by atoms with E-state index in [1.807, 2.05) is 26.0 Å². The van der Waals surface area contributed by atoms with Gasteiger partial charge in [0.1, 0.15) is 10.6 Å². The highest BCUT2D eigenvalue weighted by molar-refractivity contribution is 7.89. The summed E-state index contributed by atoms with van der Waals surface area (Å²) in [6.45, 7) is 3.74. The van der Waals surface area contributed by atoms with Gasteiger partial charge in [0.2, 0.25) is 10.0 Å². The van der Waals surface area contributed by atoms with Gasteiger partial charge in [0, 0.05) is 32.1 Å². The quantitative estimate of drug-likeness (QED) is 0.214. The van der Waals surface area contributed by atoms with Gasteiger partial charge in [0.15, 0.2) is 0 Å². The molecule has 4 rings (SSSR count). The molecule has 0 bridgehead atoms. The van der Waals surface area contributed by atoms with E-state index in [1.165, 1.54) is 24.2 Å². The van der Waals surface area contributed by atoms with E-state index in [1.54, 1.807) is 24.3 Å². The van der Waals surface area contributed by atoms with Crippen molar-refractivity contribution in [1.29, 1.82) is 0 Å².